The Morgan fingerprint density at radius 2 is 2.06 bits per heavy atom. The molecule has 0 radical (unpaired) electrons. The highest BCUT2D eigenvalue weighted by atomic mass is 19.4. The van der Waals surface area contributed by atoms with Crippen LogP contribution in [0, 0.1) is 0 Å². The summed E-state index contributed by atoms with van der Waals surface area (Å²) in [5, 5.41) is 3.26. The van der Waals surface area contributed by atoms with Crippen molar-refractivity contribution in [3.05, 3.63) is 24.1 Å². The highest BCUT2D eigenvalue weighted by Gasteiger charge is 2.38. The highest BCUT2D eigenvalue weighted by Crippen LogP contribution is 2.31. The normalized spacial score (nSPS) is 11.6. The number of anilines is 1. The third-order valence-electron chi connectivity index (χ3n) is 2.16. The van der Waals surface area contributed by atoms with Crippen molar-refractivity contribution in [1.29, 1.82) is 0 Å². The zero-order chi connectivity index (χ0) is 13.3. The molecule has 0 bridgehead atoms. The van der Waals surface area contributed by atoms with Crippen LogP contribution in [0.5, 0.6) is 5.75 Å². The van der Waals surface area contributed by atoms with Crippen molar-refractivity contribution in [2.24, 2.45) is 0 Å². The topological polar surface area (TPSA) is 74.2 Å². The molecule has 0 saturated heterocycles. The van der Waals surface area contributed by atoms with Crippen LogP contribution in [0.3, 0.4) is 0 Å². The van der Waals surface area contributed by atoms with Gasteiger partial charge in [-0.15, -0.1) is 0 Å². The van der Waals surface area contributed by atoms with Gasteiger partial charge in [-0.3, -0.25) is 0 Å². The van der Waals surface area contributed by atoms with Crippen LogP contribution >= 0.6 is 0 Å². The number of nitrogens with two attached hydrogens (primary N) is 1. The standard InChI is InChI=1S/C10H8F3N3O2/c1-17-7-4-5(2-3-6(7)14)8-15-9(18-16-8)10(11,12)13/h2-4H,14H2,1H3. The molecule has 0 aliphatic rings. The molecule has 18 heavy (non-hydrogen) atoms. The molecule has 0 aliphatic carbocycles. The Balaban J connectivity index is 2.40. The first-order valence-electron chi connectivity index (χ1n) is 4.76. The molecule has 2 rings (SSSR count). The average molecular weight is 259 g/mol. The van der Waals surface area contributed by atoms with Crippen LogP contribution in [0.2, 0.25) is 0 Å². The van der Waals surface area contributed by atoms with E-state index in [2.05, 4.69) is 14.7 Å². The summed E-state index contributed by atoms with van der Waals surface area (Å²) in [5.41, 5.74) is 6.26. The van der Waals surface area contributed by atoms with E-state index in [1.807, 2.05) is 0 Å². The van der Waals surface area contributed by atoms with Crippen LogP contribution in [-0.2, 0) is 6.18 Å². The van der Waals surface area contributed by atoms with Gasteiger partial charge in [0.1, 0.15) is 5.75 Å². The predicted molar refractivity (Wildman–Crippen MR) is 55.7 cm³/mol. The molecule has 0 amide bonds. The van der Waals surface area contributed by atoms with Crippen molar-refractivity contribution in [2.45, 2.75) is 6.18 Å². The first kappa shape index (κ1) is 12.2. The molecule has 0 aliphatic heterocycles. The van der Waals surface area contributed by atoms with Gasteiger partial charge in [-0.25, -0.2) is 0 Å². The number of hydrogen-bond acceptors (Lipinski definition) is 5. The zero-order valence-corrected chi connectivity index (χ0v) is 9.15. The van der Waals surface area contributed by atoms with Crippen molar-refractivity contribution in [3.8, 4) is 17.1 Å². The summed E-state index contributed by atoms with van der Waals surface area (Å²) in [6.45, 7) is 0. The molecule has 2 aromatic rings. The fourth-order valence-corrected chi connectivity index (χ4v) is 1.31. The number of nitrogens with zero attached hydrogens (tertiary/aromatic N) is 2. The summed E-state index contributed by atoms with van der Waals surface area (Å²) >= 11 is 0. The van der Waals surface area contributed by atoms with E-state index in [9.17, 15) is 13.2 Å². The second-order valence-corrected chi connectivity index (χ2v) is 3.38. The zero-order valence-electron chi connectivity index (χ0n) is 9.15. The van der Waals surface area contributed by atoms with Gasteiger partial charge in [0.25, 0.3) is 0 Å². The van der Waals surface area contributed by atoms with Crippen LogP contribution < -0.4 is 10.5 Å². The van der Waals surface area contributed by atoms with Gasteiger partial charge in [0.2, 0.25) is 5.82 Å². The second kappa shape index (κ2) is 4.21. The van der Waals surface area contributed by atoms with Gasteiger partial charge < -0.3 is 15.0 Å². The number of benzene rings is 1. The van der Waals surface area contributed by atoms with E-state index in [0.717, 1.165) is 0 Å². The van der Waals surface area contributed by atoms with E-state index >= 15 is 0 Å². The molecule has 8 heteroatoms. The molecular formula is C10H8F3N3O2. The Hall–Kier alpha value is -2.25. The molecule has 0 saturated carbocycles. The number of ether oxygens (including phenoxy) is 1. The summed E-state index contributed by atoms with van der Waals surface area (Å²) in [5.74, 6) is -1.25. The fraction of sp³-hybridized carbons (Fsp3) is 0.200. The fourth-order valence-electron chi connectivity index (χ4n) is 1.31. The summed E-state index contributed by atoms with van der Waals surface area (Å²) in [6, 6.07) is 4.39. The maximum Gasteiger partial charge on any atom is 0.471 e. The minimum absolute atomic E-state index is 0.180. The van der Waals surface area contributed by atoms with Gasteiger partial charge in [-0.05, 0) is 18.2 Å². The molecule has 2 N–H and O–H groups in total. The van der Waals surface area contributed by atoms with Crippen molar-refractivity contribution >= 4 is 5.69 Å². The Morgan fingerprint density at radius 3 is 2.61 bits per heavy atom. The SMILES string of the molecule is COc1cc(-c2noc(C(F)(F)F)n2)ccc1N. The van der Waals surface area contributed by atoms with Crippen LogP contribution in [0.4, 0.5) is 18.9 Å². The first-order valence-corrected chi connectivity index (χ1v) is 4.76. The maximum absolute atomic E-state index is 12.3. The number of hydrogen-bond donors (Lipinski definition) is 1. The number of methoxy groups -OCH3 is 1. The Kier molecular flexibility index (Phi) is 2.85. The van der Waals surface area contributed by atoms with E-state index in [-0.39, 0.29) is 5.82 Å². The maximum atomic E-state index is 12.3. The lowest BCUT2D eigenvalue weighted by molar-refractivity contribution is -0.159. The smallest absolute Gasteiger partial charge is 0.471 e. The van der Waals surface area contributed by atoms with Gasteiger partial charge in [-0.1, -0.05) is 5.16 Å². The predicted octanol–water partition coefficient (Wildman–Crippen LogP) is 2.35. The summed E-state index contributed by atoms with van der Waals surface area (Å²) < 4.78 is 45.9. The third-order valence-corrected chi connectivity index (χ3v) is 2.16. The molecule has 5 nitrogen and oxygen atoms in total. The number of aromatic nitrogens is 2. The number of rotatable bonds is 2. The summed E-state index contributed by atoms with van der Waals surface area (Å²) in [6.07, 6.45) is -4.66. The molecule has 0 fully saturated rings. The van der Waals surface area contributed by atoms with Crippen molar-refractivity contribution in [3.63, 3.8) is 0 Å². The van der Waals surface area contributed by atoms with Crippen LogP contribution in [0.1, 0.15) is 5.89 Å². The summed E-state index contributed by atoms with van der Waals surface area (Å²) in [4.78, 5) is 3.26. The first-order chi connectivity index (χ1) is 8.41. The minimum atomic E-state index is -4.66. The molecule has 0 spiro atoms. The van der Waals surface area contributed by atoms with Crippen LogP contribution in [0.25, 0.3) is 11.4 Å². The summed E-state index contributed by atoms with van der Waals surface area (Å²) in [7, 11) is 1.40. The third kappa shape index (κ3) is 2.22. The second-order valence-electron chi connectivity index (χ2n) is 3.38. The average Bonchev–Trinajstić information content (AvgIpc) is 2.78. The van der Waals surface area contributed by atoms with Gasteiger partial charge in [0.05, 0.1) is 12.8 Å². The Labute approximate surface area is 99.4 Å². The molecule has 0 atom stereocenters. The molecule has 1 aromatic carbocycles. The van der Waals surface area contributed by atoms with Gasteiger partial charge in [0.15, 0.2) is 0 Å². The Bertz CT molecular complexity index is 566. The lowest BCUT2D eigenvalue weighted by Crippen LogP contribution is -2.04. The molecule has 0 unspecified atom stereocenters. The highest BCUT2D eigenvalue weighted by molar-refractivity contribution is 5.65. The van der Waals surface area contributed by atoms with Crippen LogP contribution in [0.15, 0.2) is 22.7 Å². The van der Waals surface area contributed by atoms with Crippen LogP contribution in [-0.4, -0.2) is 17.3 Å². The van der Waals surface area contributed by atoms with Crippen molar-refractivity contribution < 1.29 is 22.4 Å². The minimum Gasteiger partial charge on any atom is -0.495 e. The van der Waals surface area contributed by atoms with E-state index in [4.69, 9.17) is 10.5 Å². The number of nitrogen functional groups attached to an aromatic ring is 1. The van der Waals surface area contributed by atoms with Gasteiger partial charge in [0, 0.05) is 5.56 Å². The number of alkyl halides is 3. The van der Waals surface area contributed by atoms with E-state index in [1.165, 1.54) is 25.3 Å². The lowest BCUT2D eigenvalue weighted by Gasteiger charge is -2.04. The number of halogens is 3. The van der Waals surface area contributed by atoms with Gasteiger partial charge in [-0.2, -0.15) is 18.2 Å². The largest absolute Gasteiger partial charge is 0.495 e. The monoisotopic (exact) mass is 259 g/mol. The van der Waals surface area contributed by atoms with E-state index < -0.39 is 12.1 Å². The molecular weight excluding hydrogens is 251 g/mol. The van der Waals surface area contributed by atoms with E-state index in [1.54, 1.807) is 0 Å². The molecule has 1 heterocycles. The van der Waals surface area contributed by atoms with Gasteiger partial charge >= 0.3 is 12.1 Å². The molecule has 1 aromatic heterocycles. The lowest BCUT2D eigenvalue weighted by atomic mass is 10.2. The quantitative estimate of drug-likeness (QED) is 0.838. The van der Waals surface area contributed by atoms with E-state index in [0.29, 0.717) is 17.0 Å². The van der Waals surface area contributed by atoms with Crippen molar-refractivity contribution in [2.75, 3.05) is 12.8 Å². The molecule has 96 valence electrons. The van der Waals surface area contributed by atoms with Crippen molar-refractivity contribution in [1.82, 2.24) is 10.1 Å². The Morgan fingerprint density at radius 1 is 1.33 bits per heavy atom.